The molecule has 7 nitrogen and oxygen atoms in total. The summed E-state index contributed by atoms with van der Waals surface area (Å²) in [5.41, 5.74) is 2.50. The van der Waals surface area contributed by atoms with E-state index in [4.69, 9.17) is 9.57 Å². The molecule has 1 aromatic heterocycles. The third kappa shape index (κ3) is 4.43. The summed E-state index contributed by atoms with van der Waals surface area (Å²) in [5, 5.41) is 6.76. The van der Waals surface area contributed by atoms with Gasteiger partial charge in [-0.1, -0.05) is 17.3 Å². The maximum absolute atomic E-state index is 12.3. The van der Waals surface area contributed by atoms with Crippen molar-refractivity contribution in [3.63, 3.8) is 0 Å². The van der Waals surface area contributed by atoms with Gasteiger partial charge < -0.3 is 14.1 Å². The molecule has 1 N–H and O–H groups in total. The lowest BCUT2D eigenvalue weighted by Crippen LogP contribution is -2.27. The predicted molar refractivity (Wildman–Crippen MR) is 103 cm³/mol. The fourth-order valence-corrected chi connectivity index (χ4v) is 2.96. The molecule has 1 aliphatic rings. The van der Waals surface area contributed by atoms with Crippen LogP contribution in [0.5, 0.6) is 0 Å². The molecule has 1 aliphatic heterocycles. The fraction of sp³-hybridized carbons (Fsp3) is 0.389. The summed E-state index contributed by atoms with van der Waals surface area (Å²) in [6, 6.07) is 5.75. The Balaban J connectivity index is 1.92. The molecule has 0 fully saturated rings. The molecule has 8 heteroatoms. The molecule has 26 heavy (non-hydrogen) atoms. The van der Waals surface area contributed by atoms with E-state index in [0.29, 0.717) is 12.1 Å². The lowest BCUT2D eigenvalue weighted by atomic mass is 10.0. The van der Waals surface area contributed by atoms with Gasteiger partial charge in [0.25, 0.3) is 0 Å². The lowest BCUT2D eigenvalue weighted by Gasteiger charge is -2.21. The van der Waals surface area contributed by atoms with Crippen molar-refractivity contribution in [1.82, 2.24) is 9.55 Å². The highest BCUT2D eigenvalue weighted by Gasteiger charge is 2.24. The van der Waals surface area contributed by atoms with Crippen molar-refractivity contribution in [3.05, 3.63) is 36.3 Å². The Morgan fingerprint density at radius 3 is 2.77 bits per heavy atom. The number of imidazole rings is 1. The monoisotopic (exact) mass is 420 g/mol. The molecule has 0 saturated heterocycles. The molecule has 1 amide bonds. The number of hydrogen-bond donors (Lipinski definition) is 1. The second kappa shape index (κ2) is 7.11. The number of halogens is 1. The predicted octanol–water partition coefficient (Wildman–Crippen LogP) is 4.60. The Kier molecular flexibility index (Phi) is 5.04. The minimum absolute atomic E-state index is 0.193. The molecule has 3 rings (SSSR count). The Morgan fingerprint density at radius 2 is 2.19 bits per heavy atom. The Labute approximate surface area is 160 Å². The summed E-state index contributed by atoms with van der Waals surface area (Å²) in [6.45, 7) is 5.47. The van der Waals surface area contributed by atoms with Gasteiger partial charge >= 0.3 is 6.09 Å². The first-order valence-electron chi connectivity index (χ1n) is 8.22. The van der Waals surface area contributed by atoms with E-state index in [-0.39, 0.29) is 6.10 Å². The molecule has 2 heterocycles. The number of amides is 1. The number of hydrogen-bond acceptors (Lipinski definition) is 5. The molecule has 1 unspecified atom stereocenters. The van der Waals surface area contributed by atoms with Gasteiger partial charge in [0.1, 0.15) is 10.2 Å². The van der Waals surface area contributed by atoms with Crippen LogP contribution in [0.2, 0.25) is 0 Å². The van der Waals surface area contributed by atoms with Gasteiger partial charge in [-0.25, -0.2) is 9.78 Å². The zero-order valence-corrected chi connectivity index (χ0v) is 16.7. The van der Waals surface area contributed by atoms with E-state index in [0.717, 1.165) is 21.4 Å². The molecular weight excluding hydrogens is 400 g/mol. The van der Waals surface area contributed by atoms with Crippen LogP contribution in [0.4, 0.5) is 10.5 Å². The number of nitrogens with one attached hydrogen (secondary N) is 1. The number of carbonyl (C=O) groups is 1. The summed E-state index contributed by atoms with van der Waals surface area (Å²) >= 11 is 3.34. The topological polar surface area (TPSA) is 77.7 Å². The average molecular weight is 421 g/mol. The summed E-state index contributed by atoms with van der Waals surface area (Å²) in [6.07, 6.45) is 3.54. The molecule has 0 aliphatic carbocycles. The van der Waals surface area contributed by atoms with Crippen molar-refractivity contribution in [1.29, 1.82) is 0 Å². The number of aromatic nitrogens is 2. The Morgan fingerprint density at radius 1 is 1.42 bits per heavy atom. The number of nitrogens with zero attached hydrogens (tertiary/aromatic N) is 3. The summed E-state index contributed by atoms with van der Waals surface area (Å²) in [7, 11) is 1.90. The van der Waals surface area contributed by atoms with E-state index in [2.05, 4.69) is 31.4 Å². The van der Waals surface area contributed by atoms with Gasteiger partial charge in [0.2, 0.25) is 0 Å². The van der Waals surface area contributed by atoms with Crippen LogP contribution >= 0.6 is 15.9 Å². The fourth-order valence-electron chi connectivity index (χ4n) is 2.58. The van der Waals surface area contributed by atoms with E-state index in [9.17, 15) is 4.79 Å². The molecule has 0 saturated carbocycles. The molecule has 1 atom stereocenters. The van der Waals surface area contributed by atoms with Crippen molar-refractivity contribution in [2.45, 2.75) is 38.9 Å². The number of ether oxygens (including phenoxy) is 1. The van der Waals surface area contributed by atoms with Gasteiger partial charge in [-0.05, 0) is 48.3 Å². The molecular formula is C18H21BrN4O3. The highest BCUT2D eigenvalue weighted by molar-refractivity contribution is 9.18. The van der Waals surface area contributed by atoms with Crippen LogP contribution in [0.3, 0.4) is 0 Å². The van der Waals surface area contributed by atoms with E-state index in [1.54, 1.807) is 6.33 Å². The molecule has 0 bridgehead atoms. The maximum atomic E-state index is 12.3. The number of carbonyl (C=O) groups excluding carboxylic acids is 1. The Bertz CT molecular complexity index is 854. The van der Waals surface area contributed by atoms with Gasteiger partial charge in [0.15, 0.2) is 6.10 Å². The minimum atomic E-state index is -0.583. The largest absolute Gasteiger partial charge is 0.444 e. The molecule has 138 valence electrons. The van der Waals surface area contributed by atoms with E-state index in [1.165, 1.54) is 0 Å². The average Bonchev–Trinajstić information content (AvgIpc) is 3.14. The molecule has 0 radical (unpaired) electrons. The smallest absolute Gasteiger partial charge is 0.412 e. The number of aryl methyl sites for hydroxylation is 1. The Hall–Kier alpha value is -2.35. The van der Waals surface area contributed by atoms with Crippen molar-refractivity contribution >= 4 is 32.3 Å². The third-order valence-corrected chi connectivity index (χ3v) is 4.13. The van der Waals surface area contributed by atoms with Crippen molar-refractivity contribution < 1.29 is 14.4 Å². The number of rotatable bonds is 3. The maximum Gasteiger partial charge on any atom is 0.412 e. The third-order valence-electron chi connectivity index (χ3n) is 3.66. The van der Waals surface area contributed by atoms with E-state index < -0.39 is 11.7 Å². The van der Waals surface area contributed by atoms with Crippen LogP contribution in [0.25, 0.3) is 11.3 Å². The second-order valence-electron chi connectivity index (χ2n) is 7.12. The van der Waals surface area contributed by atoms with Gasteiger partial charge in [0.05, 0.1) is 17.7 Å². The van der Waals surface area contributed by atoms with Gasteiger partial charge in [-0.2, -0.15) is 0 Å². The zero-order chi connectivity index (χ0) is 18.9. The first kappa shape index (κ1) is 18.4. The van der Waals surface area contributed by atoms with Gasteiger partial charge in [0, 0.05) is 25.2 Å². The van der Waals surface area contributed by atoms with Crippen molar-refractivity contribution in [2.75, 3.05) is 5.32 Å². The first-order valence-corrected chi connectivity index (χ1v) is 9.01. The SMILES string of the molecule is Cn1cnc(-c2ccc(C3CC(Br)=NO3)cc2NC(=O)OC(C)(C)C)c1. The van der Waals surface area contributed by atoms with E-state index >= 15 is 0 Å². The lowest BCUT2D eigenvalue weighted by molar-refractivity contribution is 0.0635. The quantitative estimate of drug-likeness (QED) is 0.786. The van der Waals surface area contributed by atoms with E-state index in [1.807, 2.05) is 56.8 Å². The highest BCUT2D eigenvalue weighted by Crippen LogP contribution is 2.35. The number of oxime groups is 1. The highest BCUT2D eigenvalue weighted by atomic mass is 79.9. The van der Waals surface area contributed by atoms with Crippen LogP contribution in [-0.4, -0.2) is 25.9 Å². The number of benzene rings is 1. The summed E-state index contributed by atoms with van der Waals surface area (Å²) in [5.74, 6) is 0. The summed E-state index contributed by atoms with van der Waals surface area (Å²) in [4.78, 5) is 22.1. The second-order valence-corrected chi connectivity index (χ2v) is 8.04. The summed E-state index contributed by atoms with van der Waals surface area (Å²) < 4.78 is 8.00. The minimum Gasteiger partial charge on any atom is -0.444 e. The molecule has 0 spiro atoms. The van der Waals surface area contributed by atoms with Crippen LogP contribution < -0.4 is 5.32 Å². The standard InChI is InChI=1S/C18H21BrN4O3/c1-18(2,3)25-17(24)21-13-7-11(15-8-16(19)22-26-15)5-6-12(13)14-9-23(4)10-20-14/h5-7,9-10,15H,8H2,1-4H3,(H,21,24). The zero-order valence-electron chi connectivity index (χ0n) is 15.1. The van der Waals surface area contributed by atoms with Crippen molar-refractivity contribution in [3.8, 4) is 11.3 Å². The van der Waals surface area contributed by atoms with Crippen LogP contribution in [0, 0.1) is 0 Å². The van der Waals surface area contributed by atoms with Gasteiger partial charge in [-0.3, -0.25) is 5.32 Å². The van der Waals surface area contributed by atoms with Crippen molar-refractivity contribution in [2.24, 2.45) is 12.2 Å². The van der Waals surface area contributed by atoms with Crippen LogP contribution in [-0.2, 0) is 16.6 Å². The first-order chi connectivity index (χ1) is 12.2. The van der Waals surface area contributed by atoms with Crippen LogP contribution in [0.15, 0.2) is 35.9 Å². The number of anilines is 1. The normalized spacial score (nSPS) is 16.8. The molecule has 2 aromatic rings. The molecule has 1 aromatic carbocycles. The van der Waals surface area contributed by atoms with Gasteiger partial charge in [-0.15, -0.1) is 0 Å². The van der Waals surface area contributed by atoms with Crippen LogP contribution in [0.1, 0.15) is 38.9 Å².